The molecule has 0 fully saturated rings. The first kappa shape index (κ1) is 16.6. The normalized spacial score (nSPS) is 10.8. The highest BCUT2D eigenvalue weighted by molar-refractivity contribution is 9.10. The molecule has 130 valence electrons. The van der Waals surface area contributed by atoms with E-state index in [4.69, 9.17) is 0 Å². The molecule has 0 aliphatic heterocycles. The molecule has 0 bridgehead atoms. The molecule has 1 amide bonds. The Morgan fingerprint density at radius 1 is 1.15 bits per heavy atom. The number of fused-ring (bicyclic) bond motifs is 1. The van der Waals surface area contributed by atoms with Gasteiger partial charge in [0, 0.05) is 9.86 Å². The van der Waals surface area contributed by atoms with E-state index >= 15 is 0 Å². The number of amides is 1. The van der Waals surface area contributed by atoms with E-state index in [1.165, 1.54) is 17.5 Å². The molecular weight excluding hydrogens is 418 g/mol. The smallest absolute Gasteiger partial charge is 0.267 e. The molecule has 0 aliphatic carbocycles. The van der Waals surface area contributed by atoms with Gasteiger partial charge in [-0.3, -0.25) is 14.9 Å². The lowest BCUT2D eigenvalue weighted by atomic mass is 10.2. The average molecular weight is 430 g/mol. The molecule has 3 heterocycles. The van der Waals surface area contributed by atoms with Crippen molar-refractivity contribution in [2.45, 2.75) is 6.92 Å². The van der Waals surface area contributed by atoms with Crippen molar-refractivity contribution >= 4 is 60.7 Å². The summed E-state index contributed by atoms with van der Waals surface area (Å²) >= 11 is 4.69. The Morgan fingerprint density at radius 3 is 2.85 bits per heavy atom. The van der Waals surface area contributed by atoms with Gasteiger partial charge in [-0.2, -0.15) is 5.10 Å². The standard InChI is InChI=1S/C16H12BrN7OS/c1-8-4-19-13(7-18-8)22-16-20-6-12(26-16)15(25)23-14-9-5-21-24-11(9)3-2-10(14)17/h2-7H,1H3,(H,21,24)(H,23,25)(H,19,20,22). The number of aromatic amines is 1. The number of benzene rings is 1. The van der Waals surface area contributed by atoms with Gasteiger partial charge in [0.15, 0.2) is 10.9 Å². The fraction of sp³-hybridized carbons (Fsp3) is 0.0625. The number of hydrogen-bond acceptors (Lipinski definition) is 7. The van der Waals surface area contributed by atoms with Crippen LogP contribution < -0.4 is 10.6 Å². The number of H-pyrrole nitrogens is 1. The zero-order chi connectivity index (χ0) is 18.1. The van der Waals surface area contributed by atoms with Crippen molar-refractivity contribution < 1.29 is 4.79 Å². The maximum Gasteiger partial charge on any atom is 0.267 e. The van der Waals surface area contributed by atoms with Crippen molar-refractivity contribution in [3.8, 4) is 0 Å². The molecule has 0 saturated heterocycles. The van der Waals surface area contributed by atoms with E-state index in [1.54, 1.807) is 18.6 Å². The van der Waals surface area contributed by atoms with E-state index in [0.29, 0.717) is 21.5 Å². The maximum absolute atomic E-state index is 12.6. The summed E-state index contributed by atoms with van der Waals surface area (Å²) in [5.74, 6) is 0.322. The van der Waals surface area contributed by atoms with E-state index in [-0.39, 0.29) is 5.91 Å². The van der Waals surface area contributed by atoms with E-state index < -0.39 is 0 Å². The Kier molecular flexibility index (Phi) is 4.35. The molecule has 3 N–H and O–H groups in total. The molecule has 0 saturated carbocycles. The summed E-state index contributed by atoms with van der Waals surface area (Å²) < 4.78 is 0.776. The zero-order valence-corrected chi connectivity index (χ0v) is 15.8. The predicted octanol–water partition coefficient (Wildman–Crippen LogP) is 3.88. The summed E-state index contributed by atoms with van der Waals surface area (Å²) in [5.41, 5.74) is 2.33. The number of halogens is 1. The molecule has 0 unspecified atom stereocenters. The highest BCUT2D eigenvalue weighted by Crippen LogP contribution is 2.31. The van der Waals surface area contributed by atoms with Crippen LogP contribution in [0.2, 0.25) is 0 Å². The monoisotopic (exact) mass is 429 g/mol. The summed E-state index contributed by atoms with van der Waals surface area (Å²) in [6.45, 7) is 1.86. The molecule has 1 aromatic carbocycles. The van der Waals surface area contributed by atoms with Gasteiger partial charge in [0.25, 0.3) is 5.91 Å². The number of nitrogens with zero attached hydrogens (tertiary/aromatic N) is 4. The third kappa shape index (κ3) is 3.28. The lowest BCUT2D eigenvalue weighted by Gasteiger charge is -2.07. The first-order valence-electron chi connectivity index (χ1n) is 7.54. The number of thiazole rings is 1. The van der Waals surface area contributed by atoms with E-state index in [2.05, 4.69) is 51.7 Å². The molecule has 3 aromatic heterocycles. The molecule has 0 radical (unpaired) electrons. The number of rotatable bonds is 4. The van der Waals surface area contributed by atoms with Gasteiger partial charge in [0.2, 0.25) is 0 Å². The Bertz CT molecular complexity index is 1090. The minimum absolute atomic E-state index is 0.250. The second-order valence-corrected chi connectivity index (χ2v) is 7.29. The topological polar surface area (TPSA) is 108 Å². The van der Waals surface area contributed by atoms with Crippen LogP contribution in [-0.4, -0.2) is 31.1 Å². The number of aryl methyl sites for hydroxylation is 1. The van der Waals surface area contributed by atoms with Crippen LogP contribution in [-0.2, 0) is 0 Å². The largest absolute Gasteiger partial charge is 0.320 e. The third-order valence-corrected chi connectivity index (χ3v) is 5.13. The highest BCUT2D eigenvalue weighted by Gasteiger charge is 2.15. The first-order valence-corrected chi connectivity index (χ1v) is 9.15. The molecular formula is C16H12BrN7OS. The van der Waals surface area contributed by atoms with Gasteiger partial charge in [-0.15, -0.1) is 0 Å². The van der Waals surface area contributed by atoms with Crippen molar-refractivity contribution in [2.24, 2.45) is 0 Å². The molecule has 10 heteroatoms. The molecule has 0 spiro atoms. The van der Waals surface area contributed by atoms with Crippen LogP contribution in [0.3, 0.4) is 0 Å². The minimum Gasteiger partial charge on any atom is -0.320 e. The van der Waals surface area contributed by atoms with Crippen molar-refractivity contribution in [1.82, 2.24) is 25.1 Å². The van der Waals surface area contributed by atoms with Crippen LogP contribution in [0.5, 0.6) is 0 Å². The minimum atomic E-state index is -0.250. The van der Waals surface area contributed by atoms with Crippen molar-refractivity contribution in [3.05, 3.63) is 52.0 Å². The summed E-state index contributed by atoms with van der Waals surface area (Å²) in [4.78, 5) is 25.7. The third-order valence-electron chi connectivity index (χ3n) is 3.56. The molecule has 4 aromatic rings. The first-order chi connectivity index (χ1) is 12.6. The van der Waals surface area contributed by atoms with Crippen LogP contribution in [0.4, 0.5) is 16.6 Å². The molecule has 0 atom stereocenters. The molecule has 8 nitrogen and oxygen atoms in total. The Morgan fingerprint density at radius 2 is 2.04 bits per heavy atom. The Balaban J connectivity index is 1.53. The zero-order valence-electron chi connectivity index (χ0n) is 13.4. The number of carbonyl (C=O) groups is 1. The van der Waals surface area contributed by atoms with Crippen LogP contribution in [0.25, 0.3) is 10.9 Å². The second kappa shape index (κ2) is 6.81. The van der Waals surface area contributed by atoms with Crippen LogP contribution in [0.1, 0.15) is 15.4 Å². The van der Waals surface area contributed by atoms with E-state index in [0.717, 1.165) is 21.1 Å². The average Bonchev–Trinajstić information content (AvgIpc) is 3.29. The van der Waals surface area contributed by atoms with Gasteiger partial charge < -0.3 is 10.6 Å². The lowest BCUT2D eigenvalue weighted by Crippen LogP contribution is -2.10. The number of nitrogens with one attached hydrogen (secondary N) is 3. The van der Waals surface area contributed by atoms with Crippen molar-refractivity contribution in [3.63, 3.8) is 0 Å². The van der Waals surface area contributed by atoms with Gasteiger partial charge in [-0.25, -0.2) is 9.97 Å². The fourth-order valence-corrected chi connectivity index (χ4v) is 3.46. The van der Waals surface area contributed by atoms with Crippen LogP contribution >= 0.6 is 27.3 Å². The quantitative estimate of drug-likeness (QED) is 0.454. The predicted molar refractivity (Wildman–Crippen MR) is 104 cm³/mol. The van der Waals surface area contributed by atoms with Gasteiger partial charge in [0.1, 0.15) is 4.88 Å². The number of hydrogen-bond donors (Lipinski definition) is 3. The number of anilines is 3. The Hall–Kier alpha value is -2.85. The molecule has 4 rings (SSSR count). The van der Waals surface area contributed by atoms with Crippen LogP contribution in [0, 0.1) is 6.92 Å². The highest BCUT2D eigenvalue weighted by atomic mass is 79.9. The van der Waals surface area contributed by atoms with Gasteiger partial charge >= 0.3 is 0 Å². The summed E-state index contributed by atoms with van der Waals surface area (Å²) in [7, 11) is 0. The van der Waals surface area contributed by atoms with E-state index in [1.807, 2.05) is 19.1 Å². The maximum atomic E-state index is 12.6. The number of carbonyl (C=O) groups excluding carboxylic acids is 1. The summed E-state index contributed by atoms with van der Waals surface area (Å²) in [6.07, 6.45) is 6.47. The van der Waals surface area contributed by atoms with Crippen molar-refractivity contribution in [2.75, 3.05) is 10.6 Å². The second-order valence-electron chi connectivity index (χ2n) is 5.41. The van der Waals surface area contributed by atoms with Crippen molar-refractivity contribution in [1.29, 1.82) is 0 Å². The summed E-state index contributed by atoms with van der Waals surface area (Å²) in [5, 5.41) is 14.2. The van der Waals surface area contributed by atoms with Gasteiger partial charge in [-0.05, 0) is 35.0 Å². The summed E-state index contributed by atoms with van der Waals surface area (Å²) in [6, 6.07) is 3.74. The Labute approximate surface area is 160 Å². The molecule has 26 heavy (non-hydrogen) atoms. The van der Waals surface area contributed by atoms with Gasteiger partial charge in [0.05, 0.1) is 41.7 Å². The van der Waals surface area contributed by atoms with Crippen LogP contribution in [0.15, 0.2) is 41.4 Å². The number of aromatic nitrogens is 5. The van der Waals surface area contributed by atoms with Gasteiger partial charge in [-0.1, -0.05) is 11.3 Å². The molecule has 0 aliphatic rings. The SMILES string of the molecule is Cc1cnc(Nc2ncc(C(=O)Nc3c(Br)ccc4[nH]ncc34)s2)cn1. The fourth-order valence-electron chi connectivity index (χ4n) is 2.30. The lowest BCUT2D eigenvalue weighted by molar-refractivity contribution is 0.103. The van der Waals surface area contributed by atoms with E-state index in [9.17, 15) is 4.79 Å².